The van der Waals surface area contributed by atoms with Crippen LogP contribution in [0.4, 0.5) is 5.69 Å². The van der Waals surface area contributed by atoms with Crippen molar-refractivity contribution in [3.05, 3.63) is 43.8 Å². The van der Waals surface area contributed by atoms with Gasteiger partial charge in [-0.1, -0.05) is 23.2 Å². The summed E-state index contributed by atoms with van der Waals surface area (Å²) in [5, 5.41) is 14.7. The Balaban J connectivity index is 2.08. The van der Waals surface area contributed by atoms with Gasteiger partial charge in [-0.05, 0) is 25.1 Å². The third kappa shape index (κ3) is 4.17. The van der Waals surface area contributed by atoms with Crippen LogP contribution in [0.2, 0.25) is 10.0 Å². The molecule has 0 radical (unpaired) electrons. The van der Waals surface area contributed by atoms with Crippen molar-refractivity contribution in [2.24, 2.45) is 0 Å². The fourth-order valence-corrected chi connectivity index (χ4v) is 3.11. The Kier molecular flexibility index (Phi) is 4.82. The first-order valence-electron chi connectivity index (χ1n) is 5.78. The summed E-state index contributed by atoms with van der Waals surface area (Å²) in [4.78, 5) is 26.8. The number of carbonyl (C=O) groups excluding carboxylic acids is 2. The molecule has 1 heterocycles. The molecule has 0 aliphatic carbocycles. The zero-order valence-corrected chi connectivity index (χ0v) is 13.1. The zero-order chi connectivity index (χ0) is 15.6. The number of anilines is 1. The van der Waals surface area contributed by atoms with Gasteiger partial charge in [-0.25, -0.2) is 4.98 Å². The Morgan fingerprint density at radius 3 is 2.43 bits per heavy atom. The number of aromatic nitrogens is 1. The quantitative estimate of drug-likeness (QED) is 0.923. The monoisotopic (exact) mass is 343 g/mol. The number of thiazole rings is 1. The predicted molar refractivity (Wildman–Crippen MR) is 80.0 cm³/mol. The minimum absolute atomic E-state index is 0.0311. The lowest BCUT2D eigenvalue weighted by Crippen LogP contribution is -2.21. The first-order chi connectivity index (χ1) is 9.85. The summed E-state index contributed by atoms with van der Waals surface area (Å²) < 4.78 is 0. The fourth-order valence-electron chi connectivity index (χ4n) is 1.69. The molecule has 2 rings (SSSR count). The zero-order valence-electron chi connectivity index (χ0n) is 10.8. The Morgan fingerprint density at radius 2 is 1.90 bits per heavy atom. The molecule has 1 aromatic heterocycles. The summed E-state index contributed by atoms with van der Waals surface area (Å²) in [7, 11) is 0. The fraction of sp³-hybridized carbons (Fsp3) is 0.154. The van der Waals surface area contributed by atoms with E-state index in [2.05, 4.69) is 10.3 Å². The van der Waals surface area contributed by atoms with Crippen molar-refractivity contribution in [2.75, 3.05) is 5.32 Å². The first kappa shape index (κ1) is 15.8. The Hall–Kier alpha value is -1.63. The molecule has 0 fully saturated rings. The van der Waals surface area contributed by atoms with E-state index in [1.54, 1.807) is 25.1 Å². The number of hydrogen-bond donors (Lipinski definition) is 1. The van der Waals surface area contributed by atoms with Crippen LogP contribution in [0.15, 0.2) is 18.2 Å². The van der Waals surface area contributed by atoms with Crippen LogP contribution in [0.5, 0.6) is 0 Å². The molecule has 8 heteroatoms. The van der Waals surface area contributed by atoms with Gasteiger partial charge in [0, 0.05) is 15.7 Å². The Labute approximate surface area is 134 Å². The molecular weight excluding hydrogens is 335 g/mol. The summed E-state index contributed by atoms with van der Waals surface area (Å²) in [6.45, 7) is 1.56. The summed E-state index contributed by atoms with van der Waals surface area (Å²) in [5.74, 6) is -1.63. The number of benzene rings is 1. The summed E-state index contributed by atoms with van der Waals surface area (Å²) in [6.07, 6.45) is -0.0388. The number of nitrogens with one attached hydrogen (secondary N) is 1. The van der Waals surface area contributed by atoms with Crippen molar-refractivity contribution < 1.29 is 14.7 Å². The molecule has 0 bridgehead atoms. The Bertz CT molecular complexity index is 695. The molecule has 0 unspecified atom stereocenters. The van der Waals surface area contributed by atoms with Crippen molar-refractivity contribution >= 4 is 52.1 Å². The molecular formula is C13H9Cl2N2O3S-. The molecule has 0 atom stereocenters. The third-order valence-electron chi connectivity index (χ3n) is 2.48. The minimum atomic E-state index is -1.29. The van der Waals surface area contributed by atoms with E-state index in [0.29, 0.717) is 26.4 Å². The maximum Gasteiger partial charge on any atom is 0.231 e. The molecule has 1 amide bonds. The van der Waals surface area contributed by atoms with E-state index in [4.69, 9.17) is 23.2 Å². The Morgan fingerprint density at radius 1 is 1.29 bits per heavy atom. The van der Waals surface area contributed by atoms with Crippen LogP contribution < -0.4 is 10.4 Å². The lowest BCUT2D eigenvalue weighted by atomic mass is 10.3. The highest BCUT2D eigenvalue weighted by Gasteiger charge is 2.12. The third-order valence-corrected chi connectivity index (χ3v) is 4.06. The molecule has 0 saturated carbocycles. The molecule has 21 heavy (non-hydrogen) atoms. The van der Waals surface area contributed by atoms with Crippen LogP contribution >= 0.6 is 34.5 Å². The second-order valence-corrected chi connectivity index (χ2v) is 6.15. The number of carboxylic acids is 1. The van der Waals surface area contributed by atoms with Crippen LogP contribution in [0.25, 0.3) is 0 Å². The molecule has 0 saturated heterocycles. The highest BCUT2D eigenvalue weighted by molar-refractivity contribution is 7.13. The van der Waals surface area contributed by atoms with Gasteiger partial charge in [-0.3, -0.25) is 4.79 Å². The summed E-state index contributed by atoms with van der Waals surface area (Å²) in [5.41, 5.74) is 0.805. The average molecular weight is 344 g/mol. The van der Waals surface area contributed by atoms with Crippen LogP contribution in [0.1, 0.15) is 20.4 Å². The second-order valence-electron chi connectivity index (χ2n) is 4.19. The molecule has 0 aliphatic heterocycles. The molecule has 2 aromatic rings. The van der Waals surface area contributed by atoms with Crippen LogP contribution in [0.3, 0.4) is 0 Å². The lowest BCUT2D eigenvalue weighted by molar-refractivity contribution is -0.254. The number of aromatic carboxylic acids is 1. The largest absolute Gasteiger partial charge is 0.544 e. The number of carbonyl (C=O) groups is 2. The van der Waals surface area contributed by atoms with Crippen molar-refractivity contribution in [2.45, 2.75) is 13.3 Å². The smallest absolute Gasteiger partial charge is 0.231 e. The highest BCUT2D eigenvalue weighted by Crippen LogP contribution is 2.23. The predicted octanol–water partition coefficient (Wildman–Crippen LogP) is 2.30. The van der Waals surface area contributed by atoms with Gasteiger partial charge in [0.25, 0.3) is 0 Å². The van der Waals surface area contributed by atoms with Crippen LogP contribution in [0, 0.1) is 6.92 Å². The molecule has 1 N–H and O–H groups in total. The lowest BCUT2D eigenvalue weighted by Gasteiger charge is -2.05. The average Bonchev–Trinajstić information content (AvgIpc) is 2.68. The maximum atomic E-state index is 11.9. The van der Waals surface area contributed by atoms with Gasteiger partial charge in [0.05, 0.1) is 23.0 Å². The van der Waals surface area contributed by atoms with E-state index in [-0.39, 0.29) is 17.2 Å². The first-order valence-corrected chi connectivity index (χ1v) is 7.36. The van der Waals surface area contributed by atoms with E-state index in [0.717, 1.165) is 11.3 Å². The number of halogens is 2. The van der Waals surface area contributed by atoms with Gasteiger partial charge in [-0.15, -0.1) is 11.3 Å². The van der Waals surface area contributed by atoms with Gasteiger partial charge in [0.1, 0.15) is 5.01 Å². The van der Waals surface area contributed by atoms with Crippen molar-refractivity contribution in [3.63, 3.8) is 0 Å². The molecule has 0 aliphatic rings. The number of hydrogen-bond acceptors (Lipinski definition) is 5. The number of aryl methyl sites for hydroxylation is 1. The van der Waals surface area contributed by atoms with Gasteiger partial charge in [0.2, 0.25) is 5.91 Å². The maximum absolute atomic E-state index is 11.9. The normalized spacial score (nSPS) is 10.4. The molecule has 1 aromatic carbocycles. The van der Waals surface area contributed by atoms with E-state index in [1.165, 1.54) is 0 Å². The number of amides is 1. The van der Waals surface area contributed by atoms with E-state index in [1.807, 2.05) is 0 Å². The SMILES string of the molecule is Cc1nc(CC(=O)Nc2cc(Cl)cc(Cl)c2)sc1C(=O)[O-]. The van der Waals surface area contributed by atoms with Crippen molar-refractivity contribution in [1.29, 1.82) is 0 Å². The molecule has 5 nitrogen and oxygen atoms in total. The molecule has 110 valence electrons. The summed E-state index contributed by atoms with van der Waals surface area (Å²) >= 11 is 12.6. The standard InChI is InChI=1S/C13H10Cl2N2O3S/c1-6-12(13(19)20)21-11(16-6)5-10(18)17-9-3-7(14)2-8(15)4-9/h2-4H,5H2,1H3,(H,17,18)(H,19,20)/p-1. The van der Waals surface area contributed by atoms with Gasteiger partial charge < -0.3 is 15.2 Å². The van der Waals surface area contributed by atoms with E-state index < -0.39 is 5.97 Å². The van der Waals surface area contributed by atoms with E-state index >= 15 is 0 Å². The summed E-state index contributed by atoms with van der Waals surface area (Å²) in [6, 6.07) is 4.67. The van der Waals surface area contributed by atoms with Gasteiger partial charge in [-0.2, -0.15) is 0 Å². The second kappa shape index (κ2) is 6.43. The van der Waals surface area contributed by atoms with E-state index in [9.17, 15) is 14.7 Å². The van der Waals surface area contributed by atoms with Crippen molar-refractivity contribution in [3.8, 4) is 0 Å². The van der Waals surface area contributed by atoms with Crippen LogP contribution in [-0.4, -0.2) is 16.9 Å². The van der Waals surface area contributed by atoms with Crippen LogP contribution in [-0.2, 0) is 11.2 Å². The highest BCUT2D eigenvalue weighted by atomic mass is 35.5. The number of carboxylic acid groups (broad SMARTS) is 1. The minimum Gasteiger partial charge on any atom is -0.544 e. The molecule has 0 spiro atoms. The van der Waals surface area contributed by atoms with Gasteiger partial charge in [0.15, 0.2) is 0 Å². The topological polar surface area (TPSA) is 82.1 Å². The van der Waals surface area contributed by atoms with Crippen molar-refractivity contribution in [1.82, 2.24) is 4.98 Å². The van der Waals surface area contributed by atoms with Gasteiger partial charge >= 0.3 is 0 Å². The number of nitrogens with zero attached hydrogens (tertiary/aromatic N) is 1. The number of rotatable bonds is 4.